The number of imidazole rings is 2. The van der Waals surface area contributed by atoms with Gasteiger partial charge in [-0.3, -0.25) is 91.1 Å². The van der Waals surface area contributed by atoms with Crippen molar-refractivity contribution in [2.24, 2.45) is 23.3 Å². The predicted molar refractivity (Wildman–Crippen MR) is 535 cm³/mol. The third-order valence-electron chi connectivity index (χ3n) is 25.8. The molecule has 0 spiro atoms. The number of thiol groups is 1. The predicted octanol–water partition coefficient (Wildman–Crippen LogP) is -4.74. The van der Waals surface area contributed by atoms with E-state index in [4.69, 9.17) is 11.5 Å². The summed E-state index contributed by atoms with van der Waals surface area (Å²) in [5.74, 6) is -21.6. The van der Waals surface area contributed by atoms with Gasteiger partial charge in [-0.15, -0.1) is 0 Å². The van der Waals surface area contributed by atoms with Crippen molar-refractivity contribution in [3.8, 4) is 5.75 Å². The van der Waals surface area contributed by atoms with Crippen molar-refractivity contribution in [1.29, 1.82) is 0 Å². The van der Waals surface area contributed by atoms with Crippen LogP contribution < -0.4 is 85.9 Å². The number of benzene rings is 4. The van der Waals surface area contributed by atoms with Crippen molar-refractivity contribution in [1.82, 2.24) is 114 Å². The summed E-state index contributed by atoms with van der Waals surface area (Å²) in [6, 6.07) is 3.21. The van der Waals surface area contributed by atoms with E-state index < -0.39 is 266 Å². The number of nitrogens with two attached hydrogens (primary N) is 2. The van der Waals surface area contributed by atoms with Crippen molar-refractivity contribution in [2.75, 3.05) is 45.1 Å². The molecule has 3 aromatic heterocycles. The Morgan fingerprint density at radius 3 is 1.44 bits per heavy atom. The van der Waals surface area contributed by atoms with E-state index in [2.05, 4.69) is 112 Å². The number of aromatic hydroxyl groups is 1. The molecule has 3 saturated heterocycles. The van der Waals surface area contributed by atoms with Crippen LogP contribution >= 0.6 is 12.6 Å². The number of aromatic amines is 3. The third kappa shape index (κ3) is 33.4. The molecule has 10 rings (SSSR count). The highest BCUT2D eigenvalue weighted by Crippen LogP contribution is 2.29. The van der Waals surface area contributed by atoms with E-state index >= 15 is 14.4 Å². The van der Waals surface area contributed by atoms with Gasteiger partial charge in [0.2, 0.25) is 106 Å². The molecule has 3 aliphatic rings. The van der Waals surface area contributed by atoms with Gasteiger partial charge in [0.15, 0.2) is 0 Å². The van der Waals surface area contributed by atoms with Crippen LogP contribution in [0, 0.1) is 11.8 Å². The number of para-hydroxylation sites is 1. The highest BCUT2D eigenvalue weighted by atomic mass is 32.1. The van der Waals surface area contributed by atoms with Crippen LogP contribution in [0.4, 0.5) is 0 Å². The number of aliphatic carboxylic acids is 2. The first-order valence-electron chi connectivity index (χ1n) is 48.9. The average Bonchev–Trinajstić information content (AvgIpc) is 1.65. The van der Waals surface area contributed by atoms with Crippen LogP contribution in [-0.4, -0.2) is 331 Å². The minimum Gasteiger partial charge on any atom is -0.508 e. The van der Waals surface area contributed by atoms with Crippen LogP contribution in [0.2, 0.25) is 0 Å². The maximum atomic E-state index is 15.2. The quantitative estimate of drug-likeness (QED) is 0.0159. The number of aliphatic hydroxyl groups excluding tert-OH is 2. The molecule has 4 aromatic carbocycles. The standard InChI is InChI=1S/C99H130N24O25S/c1-6-53(4)82(95(143)117-73(99(147)148)37-56-20-11-8-12-21-56)120-92(140)75(49-149)119-86(134)66(35-55-18-9-7-10-19-55)112-89(137)69(41-79(101)127)110-83(131)54(5)108-93(141)76-24-15-31-121(76)97(145)72(40-60-45-103-51-107-60)116-94(142)77-25-16-32-122(77)98(146)78-26-17-33-123(78)96(144)71(34-52(2)3)115-88(136)68(39-59-44-102-50-106-59)109-80(128)46-105-85(133)65(36-57-27-29-61(126)30-28-57)111-90(138)70(42-81(129)130)114-87(135)67(38-58-43-104-64-23-14-13-22-62(58)64)113-91(139)74(48-125)118-84(132)63(100)47-124/h7-14,18-23,27-30,43-45,50-54,63,65-78,82,104,124-126,149H,6,15-17,24-26,31-42,46-49,100H2,1-5H3,(H2,101,127)(H,102,106)(H,103,107)(H,105,133)(H,108,141)(H,109,128)(H,110,131)(H,111,138)(H,112,137)(H,113,139)(H,114,135)(H,115,136)(H,116,142)(H,117,143)(H,118,132)(H,119,134)(H,120,140)(H,129,130)(H,147,148)/t53-,54-,63-,65-,66-,67-,68-,69-,70-,71-,72-,73-,74-,75-,76-,77-,78-,82-/m0/s1. The fourth-order valence-corrected chi connectivity index (χ4v) is 17.9. The van der Waals surface area contributed by atoms with E-state index in [1.807, 2.05) is 0 Å². The molecule has 50 heteroatoms. The molecular weight excluding hydrogens is 1960 g/mol. The number of carboxylic acid groups (broad SMARTS) is 2. The van der Waals surface area contributed by atoms with Crippen molar-refractivity contribution in [2.45, 2.75) is 240 Å². The maximum absolute atomic E-state index is 15.2. The zero-order valence-electron chi connectivity index (χ0n) is 82.8. The average molecular weight is 2090 g/mol. The largest absolute Gasteiger partial charge is 0.508 e. The number of likely N-dealkylation sites (tertiary alicyclic amines) is 3. The van der Waals surface area contributed by atoms with Gasteiger partial charge in [-0.25, -0.2) is 14.8 Å². The molecule has 0 saturated carbocycles. The third-order valence-corrected chi connectivity index (χ3v) is 26.1. The number of aromatic nitrogens is 5. The molecule has 0 radical (unpaired) electrons. The Morgan fingerprint density at radius 1 is 0.443 bits per heavy atom. The number of hydrogen-bond acceptors (Lipinski definition) is 27. The molecule has 7 aromatic rings. The van der Waals surface area contributed by atoms with Gasteiger partial charge in [-0.2, -0.15) is 12.6 Å². The summed E-state index contributed by atoms with van der Waals surface area (Å²) in [5.41, 5.74) is 14.3. The van der Waals surface area contributed by atoms with Crippen molar-refractivity contribution in [3.63, 3.8) is 0 Å². The molecule has 0 bridgehead atoms. The summed E-state index contributed by atoms with van der Waals surface area (Å²) in [4.78, 5) is 304. The lowest BCUT2D eigenvalue weighted by atomic mass is 9.97. The summed E-state index contributed by atoms with van der Waals surface area (Å²) in [6.45, 7) is 5.44. The van der Waals surface area contributed by atoms with Gasteiger partial charge in [0, 0.05) is 93.4 Å². The Hall–Kier alpha value is -15.7. The molecule has 26 N–H and O–H groups in total. The smallest absolute Gasteiger partial charge is 0.326 e. The number of carboxylic acids is 2. The van der Waals surface area contributed by atoms with Gasteiger partial charge in [0.25, 0.3) is 0 Å². The number of fused-ring (bicyclic) bond motifs is 1. The minimum atomic E-state index is -2.02. The van der Waals surface area contributed by atoms with E-state index in [-0.39, 0.29) is 107 Å². The Bertz CT molecular complexity index is 5860. The number of phenols is 1. The topological polar surface area (TPSA) is 746 Å². The number of hydrogen-bond donors (Lipinski definition) is 25. The number of H-pyrrole nitrogens is 3. The minimum absolute atomic E-state index is 0.0141. The normalized spacial score (nSPS) is 17.4. The zero-order chi connectivity index (χ0) is 108. The Labute approximate surface area is 861 Å². The van der Waals surface area contributed by atoms with Crippen LogP contribution in [0.5, 0.6) is 5.75 Å². The highest BCUT2D eigenvalue weighted by molar-refractivity contribution is 7.80. The lowest BCUT2D eigenvalue weighted by Crippen LogP contribution is -2.61. The monoisotopic (exact) mass is 2090 g/mol. The number of primary amides is 1. The zero-order valence-corrected chi connectivity index (χ0v) is 83.6. The van der Waals surface area contributed by atoms with Crippen LogP contribution in [0.25, 0.3) is 10.9 Å². The molecule has 6 heterocycles. The fraction of sp³-hybridized carbons (Fsp3) is 0.475. The molecule has 802 valence electrons. The van der Waals surface area contributed by atoms with E-state index in [0.717, 1.165) is 0 Å². The molecule has 0 aliphatic carbocycles. The van der Waals surface area contributed by atoms with Gasteiger partial charge in [-0.05, 0) is 104 Å². The summed E-state index contributed by atoms with van der Waals surface area (Å²) in [5, 5.41) is 85.8. The summed E-state index contributed by atoms with van der Waals surface area (Å²) < 4.78 is 0. The molecule has 3 fully saturated rings. The molecule has 3 aliphatic heterocycles. The van der Waals surface area contributed by atoms with Gasteiger partial charge in [0.1, 0.15) is 108 Å². The van der Waals surface area contributed by atoms with Gasteiger partial charge >= 0.3 is 11.9 Å². The molecule has 149 heavy (non-hydrogen) atoms. The number of phenolic OH excluding ortho intramolecular Hbond substituents is 1. The number of carbonyl (C=O) groups excluding carboxylic acids is 18. The van der Waals surface area contributed by atoms with Crippen LogP contribution in [-0.2, 0) is 134 Å². The second-order valence-corrected chi connectivity index (χ2v) is 37.7. The first-order valence-corrected chi connectivity index (χ1v) is 49.6. The van der Waals surface area contributed by atoms with Gasteiger partial charge in [0.05, 0.1) is 56.6 Å². The van der Waals surface area contributed by atoms with Gasteiger partial charge < -0.3 is 141 Å². The molecule has 0 unspecified atom stereocenters. The second kappa shape index (κ2) is 55.7. The lowest BCUT2D eigenvalue weighted by Gasteiger charge is -2.34. The first kappa shape index (κ1) is 115. The Morgan fingerprint density at radius 2 is 0.893 bits per heavy atom. The molecule has 18 atom stereocenters. The number of rotatable bonds is 55. The SMILES string of the molecule is CC[C@H](C)[C@H](NC(=O)[C@H](CS)NC(=O)[C@H](Cc1ccccc1)NC(=O)[C@H](CC(N)=O)NC(=O)[C@H](C)NC(=O)[C@@H]1CCCN1C(=O)[C@H](Cc1c[nH]cn1)NC(=O)[C@@H]1CCCN1C(=O)[C@@H]1CCCN1C(=O)[C@H](CC(C)C)NC(=O)[C@H](Cc1c[nH]cn1)NC(=O)CNC(=O)[C@H](Cc1ccc(O)cc1)NC(=O)[C@H](CC(=O)O)NC(=O)[C@H](Cc1c[nH]c2ccccc12)NC(=O)[C@H](CO)NC(=O)[C@@H](N)CO)C(=O)N[C@@H](Cc1ccccc1)C(=O)O. The van der Waals surface area contributed by atoms with E-state index in [0.29, 0.717) is 58.1 Å². The fourth-order valence-electron chi connectivity index (χ4n) is 17.6. The van der Waals surface area contributed by atoms with E-state index in [9.17, 15) is 107 Å². The lowest BCUT2D eigenvalue weighted by molar-refractivity contribution is -0.148. The Balaban J connectivity index is 0.771. The maximum Gasteiger partial charge on any atom is 0.326 e. The molecule has 49 nitrogen and oxygen atoms in total. The highest BCUT2D eigenvalue weighted by Gasteiger charge is 2.48. The summed E-state index contributed by atoms with van der Waals surface area (Å²) in [7, 11) is 0. The number of nitrogens with zero attached hydrogens (tertiary/aromatic N) is 5. The Kier molecular flexibility index (Phi) is 43.1. The van der Waals surface area contributed by atoms with Crippen molar-refractivity contribution < 1.29 is 121 Å². The van der Waals surface area contributed by atoms with Crippen LogP contribution in [0.3, 0.4) is 0 Å². The van der Waals surface area contributed by atoms with Crippen molar-refractivity contribution >= 4 is 142 Å². The second-order valence-electron chi connectivity index (χ2n) is 37.4. The number of carbonyl (C=O) groups is 20. The van der Waals surface area contributed by atoms with Gasteiger partial charge in [-0.1, -0.05) is 125 Å². The number of nitrogens with one attached hydrogen (secondary N) is 17. The number of aliphatic hydroxyl groups is 2. The number of amides is 18. The van der Waals surface area contributed by atoms with E-state index in [1.54, 1.807) is 113 Å². The summed E-state index contributed by atoms with van der Waals surface area (Å²) >= 11 is 4.32. The van der Waals surface area contributed by atoms with E-state index in [1.165, 1.54) is 77.1 Å². The first-order chi connectivity index (χ1) is 71.1. The molecular formula is C99H130N24O25S. The van der Waals surface area contributed by atoms with Crippen molar-refractivity contribution in [3.05, 3.63) is 174 Å². The van der Waals surface area contributed by atoms with Crippen LogP contribution in [0.15, 0.2) is 140 Å². The van der Waals surface area contributed by atoms with Crippen LogP contribution in [0.1, 0.15) is 132 Å². The molecule has 18 amide bonds. The summed E-state index contributed by atoms with van der Waals surface area (Å²) in [6.07, 6.45) is 4.92.